The molecule has 3 aromatic rings. The molecule has 7 heteroatoms. The van der Waals surface area contributed by atoms with E-state index in [0.29, 0.717) is 23.7 Å². The first kappa shape index (κ1) is 25.4. The van der Waals surface area contributed by atoms with E-state index in [1.54, 1.807) is 31.4 Å². The quantitative estimate of drug-likeness (QED) is 0.465. The molecule has 4 rings (SSSR count). The number of hydrogen-bond acceptors (Lipinski definition) is 4. The number of nitrogens with zero attached hydrogens (tertiary/aromatic N) is 1. The van der Waals surface area contributed by atoms with Gasteiger partial charge >= 0.3 is 0 Å². The first-order chi connectivity index (χ1) is 17.4. The SMILES string of the molecule is COc1ccc(CN2CCC(CNC(=O)c3ccc(C)c(NC(=O)c4ccccc4F)c3)CC2)cc1. The molecule has 2 N–H and O–H groups in total. The van der Waals surface area contributed by atoms with Gasteiger partial charge in [0.15, 0.2) is 0 Å². The van der Waals surface area contributed by atoms with E-state index in [1.807, 2.05) is 19.1 Å². The highest BCUT2D eigenvalue weighted by atomic mass is 19.1. The molecule has 1 fully saturated rings. The average Bonchev–Trinajstić information content (AvgIpc) is 2.90. The number of halogens is 1. The molecule has 188 valence electrons. The lowest BCUT2D eigenvalue weighted by Crippen LogP contribution is -2.38. The number of ether oxygens (including phenoxy) is 1. The number of piperidine rings is 1. The van der Waals surface area contributed by atoms with Gasteiger partial charge in [0.25, 0.3) is 11.8 Å². The molecular weight excluding hydrogens is 457 g/mol. The van der Waals surface area contributed by atoms with Gasteiger partial charge in [-0.3, -0.25) is 14.5 Å². The third-order valence-corrected chi connectivity index (χ3v) is 6.69. The largest absolute Gasteiger partial charge is 0.497 e. The molecule has 3 aromatic carbocycles. The van der Waals surface area contributed by atoms with Crippen molar-refractivity contribution in [2.75, 3.05) is 32.1 Å². The fourth-order valence-corrected chi connectivity index (χ4v) is 4.41. The van der Waals surface area contributed by atoms with Gasteiger partial charge in [0.1, 0.15) is 11.6 Å². The fourth-order valence-electron chi connectivity index (χ4n) is 4.41. The summed E-state index contributed by atoms with van der Waals surface area (Å²) in [7, 11) is 1.67. The van der Waals surface area contributed by atoms with Crippen LogP contribution < -0.4 is 15.4 Å². The molecule has 1 aliphatic rings. The van der Waals surface area contributed by atoms with Gasteiger partial charge in [0.2, 0.25) is 0 Å². The van der Waals surface area contributed by atoms with Crippen LogP contribution in [0.4, 0.5) is 10.1 Å². The smallest absolute Gasteiger partial charge is 0.258 e. The van der Waals surface area contributed by atoms with Gasteiger partial charge in [-0.2, -0.15) is 0 Å². The maximum atomic E-state index is 14.0. The van der Waals surface area contributed by atoms with Gasteiger partial charge in [-0.25, -0.2) is 4.39 Å². The van der Waals surface area contributed by atoms with Crippen molar-refractivity contribution in [2.24, 2.45) is 5.92 Å². The lowest BCUT2D eigenvalue weighted by Gasteiger charge is -2.32. The zero-order valence-electron chi connectivity index (χ0n) is 20.7. The summed E-state index contributed by atoms with van der Waals surface area (Å²) < 4.78 is 19.2. The summed E-state index contributed by atoms with van der Waals surface area (Å²) >= 11 is 0. The van der Waals surface area contributed by atoms with E-state index in [-0.39, 0.29) is 11.5 Å². The van der Waals surface area contributed by atoms with Crippen molar-refractivity contribution in [2.45, 2.75) is 26.3 Å². The normalized spacial score (nSPS) is 14.3. The first-order valence-corrected chi connectivity index (χ1v) is 12.2. The molecule has 0 bridgehead atoms. The molecule has 0 radical (unpaired) electrons. The second-order valence-corrected chi connectivity index (χ2v) is 9.24. The summed E-state index contributed by atoms with van der Waals surface area (Å²) in [4.78, 5) is 27.8. The van der Waals surface area contributed by atoms with Gasteiger partial charge in [-0.15, -0.1) is 0 Å². The van der Waals surface area contributed by atoms with Crippen molar-refractivity contribution in [1.82, 2.24) is 10.2 Å². The molecule has 6 nitrogen and oxygen atoms in total. The number of anilines is 1. The van der Waals surface area contributed by atoms with E-state index in [9.17, 15) is 14.0 Å². The van der Waals surface area contributed by atoms with Crippen molar-refractivity contribution in [3.8, 4) is 5.75 Å². The Morgan fingerprint density at radius 2 is 1.72 bits per heavy atom. The third kappa shape index (κ3) is 6.49. The lowest BCUT2D eigenvalue weighted by molar-refractivity contribution is 0.0934. The zero-order valence-corrected chi connectivity index (χ0v) is 20.7. The average molecular weight is 490 g/mol. The van der Waals surface area contributed by atoms with Crippen LogP contribution in [0.3, 0.4) is 0 Å². The highest BCUT2D eigenvalue weighted by Crippen LogP contribution is 2.21. The highest BCUT2D eigenvalue weighted by Gasteiger charge is 2.20. The van der Waals surface area contributed by atoms with Crippen LogP contribution >= 0.6 is 0 Å². The number of amides is 2. The molecule has 36 heavy (non-hydrogen) atoms. The van der Waals surface area contributed by atoms with Gasteiger partial charge < -0.3 is 15.4 Å². The van der Waals surface area contributed by atoms with E-state index in [1.165, 1.54) is 23.8 Å². The van der Waals surface area contributed by atoms with Crippen molar-refractivity contribution >= 4 is 17.5 Å². The minimum Gasteiger partial charge on any atom is -0.497 e. The van der Waals surface area contributed by atoms with Crippen molar-refractivity contribution in [3.05, 3.63) is 94.8 Å². The predicted molar refractivity (Wildman–Crippen MR) is 139 cm³/mol. The number of rotatable bonds is 8. The standard InChI is InChI=1S/C29H32FN3O3/c1-20-7-10-23(17-27(20)32-29(35)25-5-3-4-6-26(25)30)28(34)31-18-21-13-15-33(16-14-21)19-22-8-11-24(36-2)12-9-22/h3-12,17,21H,13-16,18-19H2,1-2H3,(H,31,34)(H,32,35). The monoisotopic (exact) mass is 489 g/mol. The third-order valence-electron chi connectivity index (χ3n) is 6.69. The topological polar surface area (TPSA) is 70.7 Å². The number of methoxy groups -OCH3 is 1. The minimum absolute atomic E-state index is 0.0370. The lowest BCUT2D eigenvalue weighted by atomic mass is 9.96. The molecule has 1 aliphatic heterocycles. The van der Waals surface area contributed by atoms with E-state index in [2.05, 4.69) is 27.7 Å². The van der Waals surface area contributed by atoms with Crippen LogP contribution in [0, 0.1) is 18.7 Å². The van der Waals surface area contributed by atoms with Gasteiger partial charge in [0.05, 0.1) is 12.7 Å². The van der Waals surface area contributed by atoms with Crippen LogP contribution in [0.5, 0.6) is 5.75 Å². The summed E-state index contributed by atoms with van der Waals surface area (Å²) in [6.45, 7) is 5.33. The van der Waals surface area contributed by atoms with Gasteiger partial charge in [0, 0.05) is 24.3 Å². The number of nitrogens with one attached hydrogen (secondary N) is 2. The molecule has 0 atom stereocenters. The van der Waals surface area contributed by atoms with E-state index in [4.69, 9.17) is 4.74 Å². The Bertz CT molecular complexity index is 1200. The summed E-state index contributed by atoms with van der Waals surface area (Å²) in [5.74, 6) is -0.0306. The summed E-state index contributed by atoms with van der Waals surface area (Å²) in [6.07, 6.45) is 2.04. The second-order valence-electron chi connectivity index (χ2n) is 9.24. The van der Waals surface area contributed by atoms with Crippen LogP contribution in [-0.4, -0.2) is 43.5 Å². The number of likely N-dealkylation sites (tertiary alicyclic amines) is 1. The number of carbonyl (C=O) groups excluding carboxylic acids is 2. The van der Waals surface area contributed by atoms with Crippen molar-refractivity contribution in [1.29, 1.82) is 0 Å². The minimum atomic E-state index is -0.586. The molecule has 1 heterocycles. The van der Waals surface area contributed by atoms with E-state index < -0.39 is 11.7 Å². The van der Waals surface area contributed by atoms with Crippen LogP contribution in [0.2, 0.25) is 0 Å². The number of benzene rings is 3. The number of aryl methyl sites for hydroxylation is 1. The molecule has 0 aliphatic carbocycles. The van der Waals surface area contributed by atoms with Crippen molar-refractivity contribution < 1.29 is 18.7 Å². The Morgan fingerprint density at radius 3 is 2.42 bits per heavy atom. The Labute approximate surface area is 211 Å². The van der Waals surface area contributed by atoms with E-state index in [0.717, 1.165) is 43.8 Å². The summed E-state index contributed by atoms with van der Waals surface area (Å²) in [5.41, 5.74) is 2.97. The predicted octanol–water partition coefficient (Wildman–Crippen LogP) is 5.04. The molecular formula is C29H32FN3O3. The van der Waals surface area contributed by atoms with Gasteiger partial charge in [-0.05, 0) is 86.3 Å². The Balaban J connectivity index is 1.27. The molecule has 2 amide bonds. The number of hydrogen-bond donors (Lipinski definition) is 2. The van der Waals surface area contributed by atoms with Crippen LogP contribution in [0.25, 0.3) is 0 Å². The maximum Gasteiger partial charge on any atom is 0.258 e. The Morgan fingerprint density at radius 1 is 1.00 bits per heavy atom. The zero-order chi connectivity index (χ0) is 25.5. The molecule has 0 aromatic heterocycles. The Hall–Kier alpha value is -3.71. The summed E-state index contributed by atoms with van der Waals surface area (Å²) in [5, 5.41) is 5.77. The fraction of sp³-hybridized carbons (Fsp3) is 0.310. The maximum absolute atomic E-state index is 14.0. The highest BCUT2D eigenvalue weighted by molar-refractivity contribution is 6.05. The van der Waals surface area contributed by atoms with Gasteiger partial charge in [-0.1, -0.05) is 30.3 Å². The first-order valence-electron chi connectivity index (χ1n) is 12.2. The van der Waals surface area contributed by atoms with Crippen LogP contribution in [0.1, 0.15) is 44.7 Å². The molecule has 1 saturated heterocycles. The second kappa shape index (κ2) is 11.8. The van der Waals surface area contributed by atoms with Crippen LogP contribution in [-0.2, 0) is 6.54 Å². The molecule has 0 saturated carbocycles. The van der Waals surface area contributed by atoms with E-state index >= 15 is 0 Å². The van der Waals surface area contributed by atoms with Crippen molar-refractivity contribution in [3.63, 3.8) is 0 Å². The molecule has 0 spiro atoms. The Kier molecular flexibility index (Phi) is 8.33. The summed E-state index contributed by atoms with van der Waals surface area (Å²) in [6, 6.07) is 19.1. The number of carbonyl (C=O) groups is 2. The van der Waals surface area contributed by atoms with Crippen LogP contribution in [0.15, 0.2) is 66.7 Å². The molecule has 0 unspecified atom stereocenters.